The van der Waals surface area contributed by atoms with Gasteiger partial charge in [0, 0.05) is 81.0 Å². The van der Waals surface area contributed by atoms with Crippen molar-refractivity contribution in [2.24, 2.45) is 0 Å². The molecule has 0 fully saturated rings. The van der Waals surface area contributed by atoms with Gasteiger partial charge in [-0.2, -0.15) is 0 Å². The summed E-state index contributed by atoms with van der Waals surface area (Å²) in [5.41, 5.74) is 16.0. The van der Waals surface area contributed by atoms with Gasteiger partial charge in [0.2, 0.25) is 0 Å². The molecule has 16 heteroatoms. The molecule has 4 aliphatic rings. The molecule has 0 unspecified atom stereocenters. The second-order valence-electron chi connectivity index (χ2n) is 19.8. The number of nitrogens with one attached hydrogen (secondary N) is 1. The Balaban J connectivity index is 0.000000155. The van der Waals surface area contributed by atoms with Gasteiger partial charge in [0.1, 0.15) is 40.4 Å². The van der Waals surface area contributed by atoms with Gasteiger partial charge in [-0.05, 0) is 137 Å². The highest BCUT2D eigenvalue weighted by atomic mass is 19.1. The van der Waals surface area contributed by atoms with Crippen molar-refractivity contribution < 1.29 is 66.5 Å². The number of ketones is 6. The first-order chi connectivity index (χ1) is 36.0. The smallest absolute Gasteiger partial charge is 0.412 e. The van der Waals surface area contributed by atoms with Crippen LogP contribution in [0.25, 0.3) is 0 Å². The van der Waals surface area contributed by atoms with E-state index in [2.05, 4.69) is 10.1 Å². The number of esters is 1. The monoisotopic (exact) mass is 1030 g/mol. The van der Waals surface area contributed by atoms with E-state index in [1.165, 1.54) is 37.4 Å². The number of amides is 1. The average Bonchev–Trinajstić information content (AvgIpc) is 4.14. The molecule has 0 aliphatic heterocycles. The molecular weight excluding hydrogens is 979 g/mol. The van der Waals surface area contributed by atoms with E-state index in [1.807, 2.05) is 12.1 Å². The van der Waals surface area contributed by atoms with Gasteiger partial charge in [-0.15, -0.1) is 0 Å². The summed E-state index contributed by atoms with van der Waals surface area (Å²) in [6, 6.07) is 28.6. The Hall–Kier alpha value is -8.79. The number of halogens is 2. The van der Waals surface area contributed by atoms with Gasteiger partial charge in [-0.3, -0.25) is 34.1 Å². The van der Waals surface area contributed by atoms with Crippen molar-refractivity contribution in [1.82, 2.24) is 0 Å². The summed E-state index contributed by atoms with van der Waals surface area (Å²) in [5, 5.41) is 11.2. The normalized spacial score (nSPS) is 13.6. The number of nitrogens with two attached hydrogens (primary N) is 1. The number of carbonyl (C=O) groups excluding carboxylic acids is 8. The molecule has 0 saturated carbocycles. The van der Waals surface area contributed by atoms with E-state index in [-0.39, 0.29) is 70.4 Å². The first-order valence-corrected chi connectivity index (χ1v) is 24.2. The molecule has 0 saturated heterocycles. The highest BCUT2D eigenvalue weighted by molar-refractivity contribution is 6.01. The van der Waals surface area contributed by atoms with Crippen LogP contribution >= 0.6 is 0 Å². The number of aromatic carboxylic acids is 1. The van der Waals surface area contributed by atoms with Crippen molar-refractivity contribution in [3.05, 3.63) is 199 Å². The molecule has 390 valence electrons. The molecule has 0 heterocycles. The van der Waals surface area contributed by atoms with E-state index >= 15 is 0 Å². The summed E-state index contributed by atoms with van der Waals surface area (Å²) < 4.78 is 36.5. The van der Waals surface area contributed by atoms with Crippen molar-refractivity contribution in [1.29, 1.82) is 0 Å². The zero-order chi connectivity index (χ0) is 55.0. The summed E-state index contributed by atoms with van der Waals surface area (Å²) >= 11 is 0. The summed E-state index contributed by atoms with van der Waals surface area (Å²) in [5.74, 6) is -1.82. The van der Waals surface area contributed by atoms with Gasteiger partial charge in [0.15, 0.2) is 11.6 Å². The molecule has 76 heavy (non-hydrogen) atoms. The van der Waals surface area contributed by atoms with E-state index in [0.717, 1.165) is 50.6 Å². The van der Waals surface area contributed by atoms with Crippen molar-refractivity contribution in [2.75, 3.05) is 18.2 Å². The third-order valence-corrected chi connectivity index (χ3v) is 12.8. The molecule has 0 radical (unpaired) electrons. The average molecular weight is 1030 g/mol. The zero-order valence-electron chi connectivity index (χ0n) is 42.2. The zero-order valence-corrected chi connectivity index (χ0v) is 42.2. The van der Waals surface area contributed by atoms with Crippen molar-refractivity contribution in [2.45, 2.75) is 90.6 Å². The van der Waals surface area contributed by atoms with E-state index < -0.39 is 29.3 Å². The van der Waals surface area contributed by atoms with Crippen LogP contribution in [0.5, 0.6) is 0 Å². The number of carboxylic acid groups (broad SMARTS) is 1. The summed E-state index contributed by atoms with van der Waals surface area (Å²) in [4.78, 5) is 104. The standard InChI is InChI=1S/C22H22FNO4.C17H14FNO2.C11H10O3.C10H8O3/c1-22(2,3)28-21(27)24-19-12-17(23)7-6-14(19)11-20(26)15-5-4-13-9-18(25)10-16(13)8-15;18-14-4-3-11(16(19)9-14)8-17(21)12-2-1-10-6-15(20)7-13(10)5-12;1-14-11(13)8-3-2-7-5-10(12)6-9(7)4-8;11-9-4-6-1-2-7(10(12)13)3-8(6)5-9/h4-8,12H,9-11H2,1-3H3,(H,24,27);1-5,9H,6-8,19H2;2-4H,5-6H2,1H3;1-3H,4-5H2,(H,12,13). The fraction of sp³-hybridized carbons (Fsp3) is 0.250. The molecule has 4 aliphatic carbocycles. The van der Waals surface area contributed by atoms with Crippen LogP contribution in [0.1, 0.15) is 118 Å². The molecule has 10 rings (SSSR count). The van der Waals surface area contributed by atoms with E-state index in [0.29, 0.717) is 79.2 Å². The number of carboxylic acids is 1. The molecule has 0 aromatic heterocycles. The minimum Gasteiger partial charge on any atom is -0.478 e. The molecule has 14 nitrogen and oxygen atoms in total. The van der Waals surface area contributed by atoms with Gasteiger partial charge in [0.25, 0.3) is 0 Å². The minimum absolute atomic E-state index is 0.0157. The Morgan fingerprint density at radius 3 is 1.30 bits per heavy atom. The highest BCUT2D eigenvalue weighted by Gasteiger charge is 2.24. The number of carbonyl (C=O) groups is 9. The van der Waals surface area contributed by atoms with Crippen molar-refractivity contribution >= 4 is 64.1 Å². The lowest BCUT2D eigenvalue weighted by Crippen LogP contribution is -2.27. The SMILES string of the molecule is CC(C)(C)OC(=O)Nc1cc(F)ccc1CC(=O)c1ccc2c(c1)CC(=O)C2.COC(=O)c1ccc2c(c1)CC(=O)C2.Nc1cc(F)ccc1CC(=O)c1ccc2c(c1)CC(=O)C2.O=C1Cc2ccc(C(=O)O)cc2C1. The Morgan fingerprint density at radius 2 is 0.882 bits per heavy atom. The van der Waals surface area contributed by atoms with Crippen molar-refractivity contribution in [3.63, 3.8) is 0 Å². The molecule has 6 aromatic carbocycles. The van der Waals surface area contributed by atoms with Crippen LogP contribution in [0.4, 0.5) is 25.0 Å². The maximum atomic E-state index is 13.7. The molecule has 0 bridgehead atoms. The summed E-state index contributed by atoms with van der Waals surface area (Å²) in [6.45, 7) is 5.17. The Morgan fingerprint density at radius 1 is 0.513 bits per heavy atom. The predicted octanol–water partition coefficient (Wildman–Crippen LogP) is 8.96. The number of fused-ring (bicyclic) bond motifs is 4. The minimum atomic E-state index is -0.942. The van der Waals surface area contributed by atoms with E-state index in [1.54, 1.807) is 81.4 Å². The second kappa shape index (κ2) is 23.6. The number of nitrogen functional groups attached to an aromatic ring is 1. The Labute approximate surface area is 436 Å². The van der Waals surface area contributed by atoms with Crippen LogP contribution in [-0.2, 0) is 92.9 Å². The molecular formula is C60H54F2N2O12. The largest absolute Gasteiger partial charge is 0.478 e. The summed E-state index contributed by atoms with van der Waals surface area (Å²) in [7, 11) is 1.35. The number of methoxy groups -OCH3 is 1. The highest BCUT2D eigenvalue weighted by Crippen LogP contribution is 2.27. The van der Waals surface area contributed by atoms with E-state index in [9.17, 15) is 51.9 Å². The van der Waals surface area contributed by atoms with Crippen LogP contribution in [0.15, 0.2) is 109 Å². The number of ether oxygens (including phenoxy) is 2. The van der Waals surface area contributed by atoms with Crippen LogP contribution in [-0.4, -0.2) is 70.5 Å². The third kappa shape index (κ3) is 14.5. The molecule has 0 spiro atoms. The van der Waals surface area contributed by atoms with Crippen LogP contribution in [0, 0.1) is 11.6 Å². The fourth-order valence-electron chi connectivity index (χ4n) is 9.04. The van der Waals surface area contributed by atoms with Crippen molar-refractivity contribution in [3.8, 4) is 0 Å². The van der Waals surface area contributed by atoms with Crippen LogP contribution in [0.3, 0.4) is 0 Å². The molecule has 4 N–H and O–H groups in total. The van der Waals surface area contributed by atoms with Gasteiger partial charge in [-0.1, -0.05) is 48.5 Å². The molecule has 1 amide bonds. The molecule has 6 aromatic rings. The predicted molar refractivity (Wildman–Crippen MR) is 277 cm³/mol. The lowest BCUT2D eigenvalue weighted by atomic mass is 9.98. The van der Waals surface area contributed by atoms with Crippen LogP contribution in [0.2, 0.25) is 0 Å². The lowest BCUT2D eigenvalue weighted by Gasteiger charge is -2.20. The number of benzene rings is 6. The lowest BCUT2D eigenvalue weighted by molar-refractivity contribution is -0.117. The fourth-order valence-corrected chi connectivity index (χ4v) is 9.04. The van der Waals surface area contributed by atoms with Crippen LogP contribution < -0.4 is 11.1 Å². The van der Waals surface area contributed by atoms with Gasteiger partial charge >= 0.3 is 18.0 Å². The first-order valence-electron chi connectivity index (χ1n) is 24.2. The number of anilines is 2. The van der Waals surface area contributed by atoms with Gasteiger partial charge < -0.3 is 20.3 Å². The van der Waals surface area contributed by atoms with Gasteiger partial charge in [-0.25, -0.2) is 23.2 Å². The van der Waals surface area contributed by atoms with Gasteiger partial charge in [0.05, 0.1) is 23.9 Å². The summed E-state index contributed by atoms with van der Waals surface area (Å²) in [6.07, 6.45) is 2.77. The maximum absolute atomic E-state index is 13.7. The Kier molecular flexibility index (Phi) is 17.1. The van der Waals surface area contributed by atoms with E-state index in [4.69, 9.17) is 15.6 Å². The number of Topliss-reactive ketones (excluding diaryl/α,β-unsaturated/α-hetero) is 6. The topological polar surface area (TPSA) is 230 Å². The quantitative estimate of drug-likeness (QED) is 0.0698. The molecule has 0 atom stereocenters. The third-order valence-electron chi connectivity index (χ3n) is 12.8. The number of hydrogen-bond donors (Lipinski definition) is 3. The first kappa shape index (κ1) is 55.0. The second-order valence-corrected chi connectivity index (χ2v) is 19.8. The number of hydrogen-bond acceptors (Lipinski definition) is 12. The Bertz CT molecular complexity index is 3370. The number of rotatable bonds is 9. The maximum Gasteiger partial charge on any atom is 0.412 e.